The van der Waals surface area contributed by atoms with Crippen molar-refractivity contribution < 1.29 is 5.11 Å². The molecule has 1 aromatic carbocycles. The van der Waals surface area contributed by atoms with Gasteiger partial charge in [-0.25, -0.2) is 0 Å². The summed E-state index contributed by atoms with van der Waals surface area (Å²) in [4.78, 5) is 0. The van der Waals surface area contributed by atoms with Crippen LogP contribution in [0.1, 0.15) is 31.9 Å². The first-order valence-electron chi connectivity index (χ1n) is 4.85. The molecule has 0 aliphatic rings. The van der Waals surface area contributed by atoms with E-state index in [0.717, 1.165) is 20.9 Å². The Hall–Kier alpha value is 0.230. The Kier molecular flexibility index (Phi) is 6.94. The quantitative estimate of drug-likeness (QED) is 0.826. The fraction of sp³-hybridized carbons (Fsp3) is 0.455. The Morgan fingerprint density at radius 3 is 2.31 bits per heavy atom. The number of phenols is 1. The molecule has 2 nitrogen and oxygen atoms in total. The third kappa shape index (κ3) is 4.24. The zero-order chi connectivity index (χ0) is 11.6. The Morgan fingerprint density at radius 1 is 1.31 bits per heavy atom. The van der Waals surface area contributed by atoms with Crippen molar-refractivity contribution in [1.82, 2.24) is 0 Å². The first-order chi connectivity index (χ1) is 6.91. The van der Waals surface area contributed by atoms with Crippen LogP contribution >= 0.6 is 44.3 Å². The third-order valence-electron chi connectivity index (χ3n) is 2.17. The highest BCUT2D eigenvalue weighted by Crippen LogP contribution is 2.36. The van der Waals surface area contributed by atoms with Crippen LogP contribution in [0.3, 0.4) is 0 Å². The summed E-state index contributed by atoms with van der Waals surface area (Å²) in [6.07, 6.45) is 0.855. The molecule has 3 N–H and O–H groups in total. The van der Waals surface area contributed by atoms with Gasteiger partial charge in [0.2, 0.25) is 0 Å². The molecular weight excluding hydrogens is 357 g/mol. The van der Waals surface area contributed by atoms with Gasteiger partial charge in [0.15, 0.2) is 0 Å². The maximum absolute atomic E-state index is 9.82. The minimum Gasteiger partial charge on any atom is -0.508 e. The summed E-state index contributed by atoms with van der Waals surface area (Å²) in [6, 6.07) is 3.43. The van der Waals surface area contributed by atoms with E-state index < -0.39 is 0 Å². The van der Waals surface area contributed by atoms with Crippen molar-refractivity contribution in [3.63, 3.8) is 0 Å². The number of hydrogen-bond donors (Lipinski definition) is 2. The number of rotatable bonds is 3. The smallest absolute Gasteiger partial charge is 0.122 e. The van der Waals surface area contributed by atoms with Gasteiger partial charge < -0.3 is 10.8 Å². The third-order valence-corrected chi connectivity index (χ3v) is 3.28. The highest BCUT2D eigenvalue weighted by atomic mass is 79.9. The number of hydrogen-bond acceptors (Lipinski definition) is 2. The predicted molar refractivity (Wildman–Crippen MR) is 77.1 cm³/mol. The summed E-state index contributed by atoms with van der Waals surface area (Å²) >= 11 is 6.73. The topological polar surface area (TPSA) is 46.2 Å². The molecule has 1 rings (SSSR count). The molecular formula is C11H16Br2ClNO. The fourth-order valence-electron chi connectivity index (χ4n) is 1.56. The average molecular weight is 374 g/mol. The molecule has 5 heteroatoms. The van der Waals surface area contributed by atoms with Crippen LogP contribution in [0.5, 0.6) is 5.75 Å². The van der Waals surface area contributed by atoms with E-state index >= 15 is 0 Å². The molecule has 0 radical (unpaired) electrons. The minimum atomic E-state index is -0.132. The molecule has 0 fully saturated rings. The molecule has 92 valence electrons. The molecule has 0 aliphatic heterocycles. The number of phenolic OH excluding ortho intramolecular Hbond substituents is 1. The van der Waals surface area contributed by atoms with Gasteiger partial charge in [-0.2, -0.15) is 0 Å². The predicted octanol–water partition coefficient (Wildman–Crippen LogP) is 4.38. The number of benzene rings is 1. The molecule has 0 saturated heterocycles. The number of aromatic hydroxyl groups is 1. The van der Waals surface area contributed by atoms with Gasteiger partial charge in [0.25, 0.3) is 0 Å². The summed E-state index contributed by atoms with van der Waals surface area (Å²) in [7, 11) is 0. The van der Waals surface area contributed by atoms with Gasteiger partial charge in [0.05, 0.1) is 0 Å². The first kappa shape index (κ1) is 16.2. The molecule has 0 bridgehead atoms. The van der Waals surface area contributed by atoms with E-state index in [-0.39, 0.29) is 24.2 Å². The van der Waals surface area contributed by atoms with E-state index in [2.05, 4.69) is 45.7 Å². The van der Waals surface area contributed by atoms with Crippen LogP contribution in [0.2, 0.25) is 0 Å². The molecule has 0 amide bonds. The van der Waals surface area contributed by atoms with E-state index in [1.165, 1.54) is 0 Å². The van der Waals surface area contributed by atoms with Gasteiger partial charge in [-0.3, -0.25) is 0 Å². The van der Waals surface area contributed by atoms with Gasteiger partial charge in [-0.15, -0.1) is 12.4 Å². The van der Waals surface area contributed by atoms with Crippen LogP contribution in [0.15, 0.2) is 21.1 Å². The molecule has 1 aromatic rings. The molecule has 0 spiro atoms. The molecule has 0 aromatic heterocycles. The molecule has 0 heterocycles. The standard InChI is InChI=1S/C11H15Br2NO.ClH/c1-6(2)3-9(14)11-8(13)4-7(12)5-10(11)15;/h4-6,9,15H,3,14H2,1-2H3;1H/t9-;/m0./s1. The largest absolute Gasteiger partial charge is 0.508 e. The van der Waals surface area contributed by atoms with Gasteiger partial charge >= 0.3 is 0 Å². The highest BCUT2D eigenvalue weighted by Gasteiger charge is 2.16. The normalized spacial score (nSPS) is 12.4. The zero-order valence-electron chi connectivity index (χ0n) is 9.21. The Morgan fingerprint density at radius 2 is 1.88 bits per heavy atom. The second-order valence-electron chi connectivity index (χ2n) is 4.06. The zero-order valence-corrected chi connectivity index (χ0v) is 13.2. The number of nitrogens with two attached hydrogens (primary N) is 1. The molecule has 0 aliphatic carbocycles. The van der Waals surface area contributed by atoms with Crippen LogP contribution in [-0.2, 0) is 0 Å². The van der Waals surface area contributed by atoms with E-state index in [4.69, 9.17) is 5.73 Å². The van der Waals surface area contributed by atoms with E-state index in [1.54, 1.807) is 6.07 Å². The summed E-state index contributed by atoms with van der Waals surface area (Å²) in [5, 5.41) is 9.82. The van der Waals surface area contributed by atoms with E-state index in [0.29, 0.717) is 5.92 Å². The molecule has 16 heavy (non-hydrogen) atoms. The maximum Gasteiger partial charge on any atom is 0.122 e. The van der Waals surface area contributed by atoms with Crippen LogP contribution < -0.4 is 5.73 Å². The maximum atomic E-state index is 9.82. The first-order valence-corrected chi connectivity index (χ1v) is 6.44. The summed E-state index contributed by atoms with van der Waals surface area (Å²) < 4.78 is 1.69. The van der Waals surface area contributed by atoms with E-state index in [1.807, 2.05) is 6.07 Å². The summed E-state index contributed by atoms with van der Waals surface area (Å²) in [6.45, 7) is 4.23. The van der Waals surface area contributed by atoms with Crippen LogP contribution in [0, 0.1) is 5.92 Å². The fourth-order valence-corrected chi connectivity index (χ4v) is 3.06. The minimum absolute atomic E-state index is 0. The Bertz CT molecular complexity index is 335. The second kappa shape index (κ2) is 6.84. The highest BCUT2D eigenvalue weighted by molar-refractivity contribution is 9.11. The van der Waals surface area contributed by atoms with Gasteiger partial charge in [-0.05, 0) is 24.5 Å². The Balaban J connectivity index is 0.00000225. The van der Waals surface area contributed by atoms with Crippen molar-refractivity contribution in [2.24, 2.45) is 11.7 Å². The Labute approximate surface area is 119 Å². The van der Waals surface area contributed by atoms with Gasteiger partial charge in [0.1, 0.15) is 5.75 Å². The summed E-state index contributed by atoms with van der Waals surface area (Å²) in [5.41, 5.74) is 6.83. The molecule has 0 unspecified atom stereocenters. The van der Waals surface area contributed by atoms with Gasteiger partial charge in [0, 0.05) is 20.6 Å². The lowest BCUT2D eigenvalue weighted by atomic mass is 9.97. The summed E-state index contributed by atoms with van der Waals surface area (Å²) in [5.74, 6) is 0.749. The molecule has 1 atom stereocenters. The lowest BCUT2D eigenvalue weighted by Gasteiger charge is -2.17. The van der Waals surface area contributed by atoms with Crippen molar-refractivity contribution >= 4 is 44.3 Å². The van der Waals surface area contributed by atoms with E-state index in [9.17, 15) is 5.11 Å². The average Bonchev–Trinajstić information content (AvgIpc) is 1.99. The van der Waals surface area contributed by atoms with Crippen LogP contribution in [0.4, 0.5) is 0 Å². The lowest BCUT2D eigenvalue weighted by molar-refractivity contribution is 0.444. The van der Waals surface area contributed by atoms with Crippen LogP contribution in [0.25, 0.3) is 0 Å². The lowest BCUT2D eigenvalue weighted by Crippen LogP contribution is -2.13. The van der Waals surface area contributed by atoms with Crippen LogP contribution in [-0.4, -0.2) is 5.11 Å². The van der Waals surface area contributed by atoms with Crippen molar-refractivity contribution in [3.05, 3.63) is 26.6 Å². The van der Waals surface area contributed by atoms with Crippen molar-refractivity contribution in [2.75, 3.05) is 0 Å². The number of halogens is 3. The monoisotopic (exact) mass is 371 g/mol. The SMILES string of the molecule is CC(C)C[C@H](N)c1c(O)cc(Br)cc1Br.Cl. The van der Waals surface area contributed by atoms with Gasteiger partial charge in [-0.1, -0.05) is 45.7 Å². The van der Waals surface area contributed by atoms with Crippen molar-refractivity contribution in [1.29, 1.82) is 0 Å². The van der Waals surface area contributed by atoms with Crippen molar-refractivity contribution in [2.45, 2.75) is 26.3 Å². The van der Waals surface area contributed by atoms with Crippen molar-refractivity contribution in [3.8, 4) is 5.75 Å². The molecule has 0 saturated carbocycles. The second-order valence-corrected chi connectivity index (χ2v) is 5.83.